The van der Waals surface area contributed by atoms with Crippen LogP contribution in [0.2, 0.25) is 0 Å². The molecule has 178 valence electrons. The molecule has 0 atom stereocenters. The molecule has 0 fully saturated rings. The third-order valence-electron chi connectivity index (χ3n) is 4.88. The lowest BCUT2D eigenvalue weighted by Gasteiger charge is -2.39. The molecule has 3 rings (SSSR count). The molecular weight excluding hydrogens is 453 g/mol. The first-order chi connectivity index (χ1) is 15.0. The van der Waals surface area contributed by atoms with Gasteiger partial charge in [0.2, 0.25) is 10.0 Å². The van der Waals surface area contributed by atoms with Gasteiger partial charge in [-0.3, -0.25) is 19.3 Å². The number of carboxylic acid groups (broad SMARTS) is 1. The molecule has 11 heteroatoms. The van der Waals surface area contributed by atoms with Crippen molar-refractivity contribution in [3.63, 3.8) is 0 Å². The van der Waals surface area contributed by atoms with E-state index in [0.717, 1.165) is 17.2 Å². The summed E-state index contributed by atoms with van der Waals surface area (Å²) >= 11 is 0. The van der Waals surface area contributed by atoms with Crippen molar-refractivity contribution in [2.24, 2.45) is 0 Å². The highest BCUT2D eigenvalue weighted by molar-refractivity contribution is 7.92. The summed E-state index contributed by atoms with van der Waals surface area (Å²) in [5.41, 5.74) is -1.72. The molecule has 0 saturated carbocycles. The summed E-state index contributed by atoms with van der Waals surface area (Å²) in [5.74, 6) is -0.997. The van der Waals surface area contributed by atoms with Gasteiger partial charge in [0.25, 0.3) is 5.91 Å². The maximum atomic E-state index is 14.7. The van der Waals surface area contributed by atoms with Gasteiger partial charge >= 0.3 is 6.09 Å². The predicted molar refractivity (Wildman–Crippen MR) is 123 cm³/mol. The zero-order chi connectivity index (χ0) is 24.9. The number of hydrogen-bond donors (Lipinski definition) is 2. The van der Waals surface area contributed by atoms with Crippen LogP contribution < -0.4 is 19.3 Å². The van der Waals surface area contributed by atoms with Gasteiger partial charge in [-0.25, -0.2) is 17.6 Å². The molecule has 0 spiro atoms. The topological polar surface area (TPSA) is 116 Å². The SMILES string of the molecule is CC1(C)Oc2cc(NS(C)(=O)=O)ccc2N(c2ccc(F)c(N(C(=O)O)C(C)(C)C)c2)C1=O. The molecule has 1 heterocycles. The molecule has 0 saturated heterocycles. The number of fused-ring (bicyclic) bond motifs is 1. The summed E-state index contributed by atoms with van der Waals surface area (Å²) in [6, 6.07) is 8.17. The Morgan fingerprint density at radius 1 is 1.18 bits per heavy atom. The Labute approximate surface area is 191 Å². The Hall–Kier alpha value is -3.34. The van der Waals surface area contributed by atoms with Crippen molar-refractivity contribution < 1.29 is 32.2 Å². The van der Waals surface area contributed by atoms with Gasteiger partial charge in [-0.15, -0.1) is 0 Å². The van der Waals surface area contributed by atoms with Crippen molar-refractivity contribution in [1.29, 1.82) is 0 Å². The van der Waals surface area contributed by atoms with Crippen LogP contribution in [-0.4, -0.2) is 42.9 Å². The van der Waals surface area contributed by atoms with Crippen LogP contribution in [-0.2, 0) is 14.8 Å². The van der Waals surface area contributed by atoms with Crippen molar-refractivity contribution in [3.8, 4) is 5.75 Å². The van der Waals surface area contributed by atoms with Gasteiger partial charge in [-0.05, 0) is 65.0 Å². The van der Waals surface area contributed by atoms with Gasteiger partial charge in [-0.1, -0.05) is 0 Å². The first-order valence-corrected chi connectivity index (χ1v) is 11.9. The number of amides is 2. The number of nitrogens with zero attached hydrogens (tertiary/aromatic N) is 2. The van der Waals surface area contributed by atoms with Crippen LogP contribution >= 0.6 is 0 Å². The first kappa shape index (κ1) is 24.3. The molecule has 33 heavy (non-hydrogen) atoms. The maximum Gasteiger partial charge on any atom is 0.412 e. The van der Waals surface area contributed by atoms with E-state index in [9.17, 15) is 27.5 Å². The number of carbonyl (C=O) groups excluding carboxylic acids is 1. The van der Waals surface area contributed by atoms with Crippen LogP contribution in [0.4, 0.5) is 31.9 Å². The third kappa shape index (κ3) is 4.87. The average Bonchev–Trinajstić information content (AvgIpc) is 2.62. The van der Waals surface area contributed by atoms with Crippen LogP contribution in [0, 0.1) is 5.82 Å². The van der Waals surface area contributed by atoms with Gasteiger partial charge in [0.1, 0.15) is 11.6 Å². The van der Waals surface area contributed by atoms with E-state index in [1.165, 1.54) is 35.2 Å². The van der Waals surface area contributed by atoms with E-state index in [0.29, 0.717) is 5.69 Å². The molecule has 0 radical (unpaired) electrons. The molecule has 0 aromatic heterocycles. The molecule has 2 amide bonds. The fourth-order valence-electron chi connectivity index (χ4n) is 3.57. The summed E-state index contributed by atoms with van der Waals surface area (Å²) in [7, 11) is -3.54. The zero-order valence-corrected chi connectivity index (χ0v) is 19.9. The highest BCUT2D eigenvalue weighted by Gasteiger charge is 2.42. The lowest BCUT2D eigenvalue weighted by Crippen LogP contribution is -2.50. The second-order valence-electron chi connectivity index (χ2n) is 9.23. The fourth-order valence-corrected chi connectivity index (χ4v) is 4.13. The minimum atomic E-state index is -3.54. The van der Waals surface area contributed by atoms with E-state index in [2.05, 4.69) is 4.72 Å². The highest BCUT2D eigenvalue weighted by Crippen LogP contribution is 2.44. The van der Waals surface area contributed by atoms with Crippen molar-refractivity contribution >= 4 is 44.8 Å². The number of carbonyl (C=O) groups is 2. The van der Waals surface area contributed by atoms with Gasteiger partial charge in [0.05, 0.1) is 29.0 Å². The number of sulfonamides is 1. The predicted octanol–water partition coefficient (Wildman–Crippen LogP) is 4.32. The second kappa shape index (κ2) is 7.91. The minimum absolute atomic E-state index is 0.207. The number of halogens is 1. The van der Waals surface area contributed by atoms with Crippen molar-refractivity contribution in [2.75, 3.05) is 20.8 Å². The summed E-state index contributed by atoms with van der Waals surface area (Å²) in [5, 5.41) is 9.71. The standard InChI is InChI=1S/C22H26FN3O6S/c1-21(2,3)26(20(28)29)17-12-14(8-9-15(17)23)25-16-10-7-13(24-33(6,30)31)11-18(16)32-22(4,5)19(25)27/h7-12,24H,1-6H3,(H,28,29). The molecule has 0 unspecified atom stereocenters. The lowest BCUT2D eigenvalue weighted by atomic mass is 10.0. The van der Waals surface area contributed by atoms with Crippen molar-refractivity contribution in [1.82, 2.24) is 0 Å². The summed E-state index contributed by atoms with van der Waals surface area (Å²) < 4.78 is 46.1. The molecule has 1 aliphatic heterocycles. The van der Waals surface area contributed by atoms with E-state index in [1.54, 1.807) is 34.6 Å². The quantitative estimate of drug-likeness (QED) is 0.675. The van der Waals surface area contributed by atoms with E-state index in [4.69, 9.17) is 4.74 Å². The fraction of sp³-hybridized carbons (Fsp3) is 0.364. The molecule has 9 nitrogen and oxygen atoms in total. The Kier molecular flexibility index (Phi) is 5.82. The molecule has 2 N–H and O–H groups in total. The van der Waals surface area contributed by atoms with Gasteiger partial charge in [0.15, 0.2) is 5.60 Å². The number of anilines is 4. The summed E-state index contributed by atoms with van der Waals surface area (Å²) in [6.07, 6.45) is -0.333. The molecule has 0 bridgehead atoms. The van der Waals surface area contributed by atoms with Crippen LogP contribution in [0.3, 0.4) is 0 Å². The van der Waals surface area contributed by atoms with Crippen LogP contribution in [0.5, 0.6) is 5.75 Å². The lowest BCUT2D eigenvalue weighted by molar-refractivity contribution is -0.131. The number of ether oxygens (including phenoxy) is 1. The molecular formula is C22H26FN3O6S. The highest BCUT2D eigenvalue weighted by atomic mass is 32.2. The number of rotatable bonds is 4. The number of benzene rings is 2. The van der Waals surface area contributed by atoms with Crippen LogP contribution in [0.25, 0.3) is 0 Å². The third-order valence-corrected chi connectivity index (χ3v) is 5.48. The number of hydrogen-bond acceptors (Lipinski definition) is 5. The average molecular weight is 480 g/mol. The molecule has 2 aromatic rings. The van der Waals surface area contributed by atoms with E-state index >= 15 is 0 Å². The molecule has 0 aliphatic carbocycles. The van der Waals surface area contributed by atoms with Gasteiger partial charge in [0, 0.05) is 11.6 Å². The molecule has 1 aliphatic rings. The molecule has 2 aromatic carbocycles. The first-order valence-electron chi connectivity index (χ1n) is 9.99. The second-order valence-corrected chi connectivity index (χ2v) is 11.0. The normalized spacial score (nSPS) is 15.5. The van der Waals surface area contributed by atoms with E-state index < -0.39 is 39.0 Å². The van der Waals surface area contributed by atoms with E-state index in [1.807, 2.05) is 0 Å². The van der Waals surface area contributed by atoms with Crippen LogP contribution in [0.15, 0.2) is 36.4 Å². The zero-order valence-electron chi connectivity index (χ0n) is 19.1. The Morgan fingerprint density at radius 2 is 1.82 bits per heavy atom. The summed E-state index contributed by atoms with van der Waals surface area (Å²) in [4.78, 5) is 27.4. The van der Waals surface area contributed by atoms with Crippen molar-refractivity contribution in [3.05, 3.63) is 42.2 Å². The minimum Gasteiger partial charge on any atom is -0.476 e. The van der Waals surface area contributed by atoms with Gasteiger partial charge < -0.3 is 9.84 Å². The Bertz CT molecular complexity index is 1240. The largest absolute Gasteiger partial charge is 0.476 e. The van der Waals surface area contributed by atoms with Gasteiger partial charge in [-0.2, -0.15) is 0 Å². The monoisotopic (exact) mass is 479 g/mol. The maximum absolute atomic E-state index is 14.7. The Morgan fingerprint density at radius 3 is 2.36 bits per heavy atom. The van der Waals surface area contributed by atoms with Crippen LogP contribution in [0.1, 0.15) is 34.6 Å². The number of nitrogens with one attached hydrogen (secondary N) is 1. The van der Waals surface area contributed by atoms with Crippen molar-refractivity contribution in [2.45, 2.75) is 45.8 Å². The van der Waals surface area contributed by atoms with E-state index in [-0.39, 0.29) is 22.8 Å². The Balaban J connectivity index is 2.19. The smallest absolute Gasteiger partial charge is 0.412 e. The summed E-state index contributed by atoms with van der Waals surface area (Å²) in [6.45, 7) is 7.97.